The molecule has 2 heterocycles. The number of benzene rings is 1. The van der Waals surface area contributed by atoms with Crippen LogP contribution in [0.1, 0.15) is 43.9 Å². The lowest BCUT2D eigenvalue weighted by atomic mass is 9.96. The van der Waals surface area contributed by atoms with Gasteiger partial charge in [-0.2, -0.15) is 0 Å². The Bertz CT molecular complexity index is 1040. The second kappa shape index (κ2) is 9.65. The third-order valence-corrected chi connectivity index (χ3v) is 6.52. The predicted octanol–water partition coefficient (Wildman–Crippen LogP) is 4.88. The highest BCUT2D eigenvalue weighted by molar-refractivity contribution is 6.30. The Morgan fingerprint density at radius 2 is 2.13 bits per heavy atom. The molecule has 1 saturated carbocycles. The summed E-state index contributed by atoms with van der Waals surface area (Å²) in [5, 5.41) is 4.74. The number of Topliss-reactive ketones (excluding diaryl/α,β-unsaturated/α-hetero) is 1. The van der Waals surface area contributed by atoms with Crippen molar-refractivity contribution >= 4 is 34.2 Å². The van der Waals surface area contributed by atoms with Crippen molar-refractivity contribution < 1.29 is 9.59 Å². The van der Waals surface area contributed by atoms with E-state index in [9.17, 15) is 9.59 Å². The maximum Gasteiger partial charge on any atom is 0.223 e. The van der Waals surface area contributed by atoms with Gasteiger partial charge >= 0.3 is 0 Å². The average molecular weight is 438 g/mol. The van der Waals surface area contributed by atoms with Crippen molar-refractivity contribution in [2.24, 2.45) is 11.8 Å². The summed E-state index contributed by atoms with van der Waals surface area (Å²) in [6.07, 6.45) is 8.28. The van der Waals surface area contributed by atoms with Gasteiger partial charge in [0.15, 0.2) is 5.78 Å². The number of aromatic amines is 1. The van der Waals surface area contributed by atoms with E-state index in [-0.39, 0.29) is 17.6 Å². The highest BCUT2D eigenvalue weighted by Crippen LogP contribution is 2.33. The zero-order valence-electron chi connectivity index (χ0n) is 17.7. The van der Waals surface area contributed by atoms with Crippen LogP contribution in [-0.4, -0.2) is 27.7 Å². The molecule has 0 radical (unpaired) electrons. The molecule has 5 nitrogen and oxygen atoms in total. The normalized spacial score (nSPS) is 19.4. The van der Waals surface area contributed by atoms with E-state index in [2.05, 4.69) is 21.4 Å². The molecule has 1 fully saturated rings. The molecule has 1 aliphatic rings. The lowest BCUT2D eigenvalue weighted by Gasteiger charge is -2.16. The molecule has 1 amide bonds. The molecule has 2 N–H and O–H groups in total. The molecule has 0 saturated heterocycles. The van der Waals surface area contributed by atoms with Crippen LogP contribution in [0.25, 0.3) is 10.9 Å². The first kappa shape index (κ1) is 21.6. The number of hydrogen-bond acceptors (Lipinski definition) is 3. The molecule has 1 aliphatic carbocycles. The third kappa shape index (κ3) is 5.53. The number of halogens is 1. The number of hydrogen-bond donors (Lipinski definition) is 2. The molecule has 4 rings (SSSR count). The van der Waals surface area contributed by atoms with E-state index in [4.69, 9.17) is 11.6 Å². The highest BCUT2D eigenvalue weighted by atomic mass is 35.5. The summed E-state index contributed by atoms with van der Waals surface area (Å²) in [6.45, 7) is 1.79. The third-order valence-electron chi connectivity index (χ3n) is 6.28. The number of H-pyrrole nitrogens is 1. The van der Waals surface area contributed by atoms with Crippen LogP contribution in [0.2, 0.25) is 5.02 Å². The van der Waals surface area contributed by atoms with E-state index in [0.29, 0.717) is 18.8 Å². The molecule has 31 heavy (non-hydrogen) atoms. The quantitative estimate of drug-likeness (QED) is 0.527. The van der Waals surface area contributed by atoms with Crippen LogP contribution in [0.5, 0.6) is 0 Å². The van der Waals surface area contributed by atoms with E-state index in [1.165, 1.54) is 5.56 Å². The number of amides is 1. The summed E-state index contributed by atoms with van der Waals surface area (Å²) in [7, 11) is 0. The fraction of sp³-hybridized carbons (Fsp3) is 0.400. The largest absolute Gasteiger partial charge is 0.358 e. The summed E-state index contributed by atoms with van der Waals surface area (Å²) in [5.74, 6) is 0.530. The van der Waals surface area contributed by atoms with Crippen molar-refractivity contribution in [3.05, 3.63) is 65.1 Å². The molecular formula is C25H28ClN3O2. The van der Waals surface area contributed by atoms with E-state index in [0.717, 1.165) is 47.3 Å². The molecule has 162 valence electrons. The van der Waals surface area contributed by atoms with Gasteiger partial charge in [-0.3, -0.25) is 14.6 Å². The first-order chi connectivity index (χ1) is 15.0. The second-order valence-electron chi connectivity index (χ2n) is 8.66. The number of pyridine rings is 1. The van der Waals surface area contributed by atoms with Crippen LogP contribution >= 0.6 is 11.6 Å². The number of fused-ring (bicyclic) bond motifs is 1. The van der Waals surface area contributed by atoms with Crippen molar-refractivity contribution in [2.45, 2.75) is 51.5 Å². The van der Waals surface area contributed by atoms with Gasteiger partial charge in [-0.1, -0.05) is 23.7 Å². The number of nitrogens with one attached hydrogen (secondary N) is 2. The number of carbonyl (C=O) groups excluding carboxylic acids is 2. The Morgan fingerprint density at radius 3 is 2.94 bits per heavy atom. The molecule has 3 atom stereocenters. The lowest BCUT2D eigenvalue weighted by Crippen LogP contribution is -2.41. The van der Waals surface area contributed by atoms with Crippen LogP contribution < -0.4 is 5.32 Å². The SMILES string of the molecule is C[C@H](NC(=O)[C@@H]1CC[C@@H](Cc2cccc(Cl)c2)C1)C(=O)CCc1cc2cnccc2[nH]1. The summed E-state index contributed by atoms with van der Waals surface area (Å²) < 4.78 is 0. The minimum absolute atomic E-state index is 0.00568. The molecule has 0 unspecified atom stereocenters. The maximum absolute atomic E-state index is 12.7. The lowest BCUT2D eigenvalue weighted by molar-refractivity contribution is -0.129. The van der Waals surface area contributed by atoms with Gasteiger partial charge in [-0.15, -0.1) is 0 Å². The van der Waals surface area contributed by atoms with Gasteiger partial charge in [0.2, 0.25) is 5.91 Å². The van der Waals surface area contributed by atoms with Crippen molar-refractivity contribution in [2.75, 3.05) is 0 Å². The van der Waals surface area contributed by atoms with Gasteiger partial charge in [-0.05, 0) is 74.8 Å². The van der Waals surface area contributed by atoms with Gasteiger partial charge in [0.05, 0.1) is 6.04 Å². The molecule has 0 spiro atoms. The molecule has 6 heteroatoms. The van der Waals surface area contributed by atoms with Crippen LogP contribution in [0.15, 0.2) is 48.8 Å². The fourth-order valence-electron chi connectivity index (χ4n) is 4.55. The Labute approximate surface area is 187 Å². The predicted molar refractivity (Wildman–Crippen MR) is 123 cm³/mol. The Kier molecular flexibility index (Phi) is 6.71. The average Bonchev–Trinajstić information content (AvgIpc) is 3.38. The van der Waals surface area contributed by atoms with Gasteiger partial charge in [0, 0.05) is 46.4 Å². The Balaban J connectivity index is 1.23. The minimum atomic E-state index is -0.467. The van der Waals surface area contributed by atoms with Crippen molar-refractivity contribution in [3.8, 4) is 0 Å². The molecule has 2 aromatic heterocycles. The topological polar surface area (TPSA) is 74.8 Å². The van der Waals surface area contributed by atoms with Gasteiger partial charge in [-0.25, -0.2) is 0 Å². The molecule has 1 aromatic carbocycles. The van der Waals surface area contributed by atoms with Crippen molar-refractivity contribution in [1.29, 1.82) is 0 Å². The summed E-state index contributed by atoms with van der Waals surface area (Å²) >= 11 is 6.08. The molecular weight excluding hydrogens is 410 g/mol. The summed E-state index contributed by atoms with van der Waals surface area (Å²) in [5.41, 5.74) is 3.25. The van der Waals surface area contributed by atoms with Gasteiger partial charge in [0.1, 0.15) is 0 Å². The number of aromatic nitrogens is 2. The molecule has 0 bridgehead atoms. The van der Waals surface area contributed by atoms with Gasteiger partial charge < -0.3 is 10.3 Å². The first-order valence-corrected chi connectivity index (χ1v) is 11.3. The molecule has 3 aromatic rings. The van der Waals surface area contributed by atoms with E-state index in [1.807, 2.05) is 30.3 Å². The summed E-state index contributed by atoms with van der Waals surface area (Å²) in [4.78, 5) is 32.7. The van der Waals surface area contributed by atoms with Crippen molar-refractivity contribution in [3.63, 3.8) is 0 Å². The number of nitrogens with zero attached hydrogens (tertiary/aromatic N) is 1. The zero-order chi connectivity index (χ0) is 21.8. The Hall–Kier alpha value is -2.66. The van der Waals surface area contributed by atoms with E-state index in [1.54, 1.807) is 19.3 Å². The number of carbonyl (C=O) groups is 2. The van der Waals surface area contributed by atoms with Gasteiger partial charge in [0.25, 0.3) is 0 Å². The van der Waals surface area contributed by atoms with Crippen LogP contribution in [-0.2, 0) is 22.4 Å². The standard InChI is InChI=1S/C25H28ClN3O2/c1-16(24(30)8-7-22-14-20-15-27-10-9-23(20)29-22)28-25(31)19-6-5-18(12-19)11-17-3-2-4-21(26)13-17/h2-4,9-10,13-16,18-19,29H,5-8,11-12H2,1H3,(H,28,31)/t16-,18-,19+/m0/s1. The fourth-order valence-corrected chi connectivity index (χ4v) is 4.76. The number of aryl methyl sites for hydroxylation is 1. The second-order valence-corrected chi connectivity index (χ2v) is 9.10. The maximum atomic E-state index is 12.7. The van der Waals surface area contributed by atoms with Crippen LogP contribution in [0.4, 0.5) is 0 Å². The zero-order valence-corrected chi connectivity index (χ0v) is 18.5. The molecule has 0 aliphatic heterocycles. The van der Waals surface area contributed by atoms with E-state index >= 15 is 0 Å². The highest BCUT2D eigenvalue weighted by Gasteiger charge is 2.31. The Morgan fingerprint density at radius 1 is 1.26 bits per heavy atom. The summed E-state index contributed by atoms with van der Waals surface area (Å²) in [6, 6.07) is 11.4. The van der Waals surface area contributed by atoms with Crippen LogP contribution in [0.3, 0.4) is 0 Å². The van der Waals surface area contributed by atoms with E-state index < -0.39 is 6.04 Å². The monoisotopic (exact) mass is 437 g/mol. The van der Waals surface area contributed by atoms with Crippen molar-refractivity contribution in [1.82, 2.24) is 15.3 Å². The number of ketones is 1. The minimum Gasteiger partial charge on any atom is -0.358 e. The first-order valence-electron chi connectivity index (χ1n) is 11.0. The van der Waals surface area contributed by atoms with Crippen LogP contribution in [0, 0.1) is 11.8 Å². The number of rotatable bonds is 8. The smallest absolute Gasteiger partial charge is 0.223 e.